The maximum Gasteiger partial charge on any atom is 0.265 e. The number of halogens is 2. The van der Waals surface area contributed by atoms with Crippen LogP contribution in [-0.4, -0.2) is 23.6 Å². The lowest BCUT2D eigenvalue weighted by Gasteiger charge is -2.08. The summed E-state index contributed by atoms with van der Waals surface area (Å²) in [6.45, 7) is 0. The third-order valence-corrected chi connectivity index (χ3v) is 4.12. The average molecular weight is 310 g/mol. The molecule has 0 atom stereocenters. The summed E-state index contributed by atoms with van der Waals surface area (Å²) in [7, 11) is -4.18. The molecule has 0 aliphatic carbocycles. The first-order chi connectivity index (χ1) is 9.95. The number of rotatable bonds is 3. The topological polar surface area (TPSA) is 87.7 Å². The molecule has 0 radical (unpaired) electrons. The summed E-state index contributed by atoms with van der Waals surface area (Å²) < 4.78 is 53.0. The van der Waals surface area contributed by atoms with Crippen molar-refractivity contribution in [2.45, 2.75) is 4.90 Å². The zero-order valence-corrected chi connectivity index (χ0v) is 11.2. The van der Waals surface area contributed by atoms with Gasteiger partial charge in [0.15, 0.2) is 0 Å². The van der Waals surface area contributed by atoms with Crippen LogP contribution in [0.25, 0.3) is 10.9 Å². The molecule has 0 amide bonds. The quantitative estimate of drug-likeness (QED) is 0.775. The average Bonchev–Trinajstić information content (AvgIpc) is 2.87. The van der Waals surface area contributed by atoms with E-state index in [1.54, 1.807) is 0 Å². The van der Waals surface area contributed by atoms with Gasteiger partial charge in [-0.15, -0.1) is 0 Å². The normalized spacial score (nSPS) is 11.7. The van der Waals surface area contributed by atoms with Crippen molar-refractivity contribution in [3.05, 3.63) is 48.3 Å². The fourth-order valence-corrected chi connectivity index (χ4v) is 2.88. The van der Waals surface area contributed by atoms with Gasteiger partial charge in [0.05, 0.1) is 17.9 Å². The molecule has 0 bridgehead atoms. The number of anilines is 1. The van der Waals surface area contributed by atoms with Gasteiger partial charge in [0.2, 0.25) is 0 Å². The Hall–Kier alpha value is -2.55. The van der Waals surface area contributed by atoms with Crippen LogP contribution in [0.3, 0.4) is 0 Å². The fourth-order valence-electron chi connectivity index (χ4n) is 1.78. The van der Waals surface area contributed by atoms with Crippen LogP contribution in [0, 0.1) is 11.6 Å². The number of aromatic nitrogens is 3. The third-order valence-electron chi connectivity index (χ3n) is 2.75. The molecule has 0 saturated heterocycles. The number of fused-ring (bicyclic) bond motifs is 1. The minimum absolute atomic E-state index is 0.108. The molecule has 2 aromatic heterocycles. The van der Waals surface area contributed by atoms with Gasteiger partial charge in [-0.3, -0.25) is 9.82 Å². The molecule has 0 aliphatic rings. The Kier molecular flexibility index (Phi) is 3.05. The first kappa shape index (κ1) is 13.4. The van der Waals surface area contributed by atoms with Crippen LogP contribution in [0.2, 0.25) is 0 Å². The van der Waals surface area contributed by atoms with Gasteiger partial charge in [-0.1, -0.05) is 0 Å². The molecule has 21 heavy (non-hydrogen) atoms. The lowest BCUT2D eigenvalue weighted by atomic mass is 10.2. The maximum atomic E-state index is 13.9. The summed E-state index contributed by atoms with van der Waals surface area (Å²) in [6.07, 6.45) is 2.23. The van der Waals surface area contributed by atoms with Crippen LogP contribution < -0.4 is 4.72 Å². The highest BCUT2D eigenvalue weighted by atomic mass is 32.2. The van der Waals surface area contributed by atoms with E-state index in [4.69, 9.17) is 0 Å². The van der Waals surface area contributed by atoms with Gasteiger partial charge in [0.1, 0.15) is 22.3 Å². The molecule has 0 unspecified atom stereocenters. The lowest BCUT2D eigenvalue weighted by molar-refractivity contribution is 0.571. The summed E-state index contributed by atoms with van der Waals surface area (Å²) in [5.74, 6) is -1.65. The Labute approximate surface area is 117 Å². The molecule has 0 fully saturated rings. The van der Waals surface area contributed by atoms with Gasteiger partial charge in [-0.05, 0) is 18.2 Å². The van der Waals surface area contributed by atoms with Gasteiger partial charge < -0.3 is 0 Å². The molecule has 3 rings (SSSR count). The number of aromatic amines is 1. The number of hydrogen-bond acceptors (Lipinski definition) is 4. The number of hydrogen-bond donors (Lipinski definition) is 2. The predicted octanol–water partition coefficient (Wildman–Crippen LogP) is 2.04. The second-order valence-corrected chi connectivity index (χ2v) is 5.86. The number of benzene rings is 1. The number of H-pyrrole nitrogens is 1. The Bertz CT molecular complexity index is 907. The molecular weight excluding hydrogens is 302 g/mol. The molecule has 0 saturated carbocycles. The Balaban J connectivity index is 2.03. The van der Waals surface area contributed by atoms with Gasteiger partial charge >= 0.3 is 0 Å². The van der Waals surface area contributed by atoms with E-state index in [-0.39, 0.29) is 5.82 Å². The van der Waals surface area contributed by atoms with E-state index in [0.717, 1.165) is 30.5 Å². The number of sulfonamides is 1. The molecule has 108 valence electrons. The van der Waals surface area contributed by atoms with E-state index < -0.39 is 26.6 Å². The van der Waals surface area contributed by atoms with Gasteiger partial charge in [-0.2, -0.15) is 5.10 Å². The largest absolute Gasteiger partial charge is 0.278 e. The Morgan fingerprint density at radius 1 is 1.14 bits per heavy atom. The number of pyridine rings is 1. The van der Waals surface area contributed by atoms with Crippen LogP contribution in [0.1, 0.15) is 0 Å². The molecule has 6 nitrogen and oxygen atoms in total. The number of nitrogens with one attached hydrogen (secondary N) is 2. The predicted molar refractivity (Wildman–Crippen MR) is 71.1 cm³/mol. The zero-order chi connectivity index (χ0) is 15.0. The first-order valence-corrected chi connectivity index (χ1v) is 7.21. The second kappa shape index (κ2) is 4.77. The summed E-state index contributed by atoms with van der Waals surface area (Å²) in [5.41, 5.74) is 0.381. The Morgan fingerprint density at radius 2 is 1.95 bits per heavy atom. The molecule has 9 heteroatoms. The maximum absolute atomic E-state index is 13.9. The van der Waals surface area contributed by atoms with Crippen molar-refractivity contribution in [3.63, 3.8) is 0 Å². The molecule has 2 heterocycles. The van der Waals surface area contributed by atoms with Crippen LogP contribution in [-0.2, 0) is 10.0 Å². The van der Waals surface area contributed by atoms with E-state index in [0.29, 0.717) is 10.9 Å². The van der Waals surface area contributed by atoms with Crippen LogP contribution in [0.15, 0.2) is 41.6 Å². The van der Waals surface area contributed by atoms with Crippen molar-refractivity contribution in [1.29, 1.82) is 0 Å². The molecule has 1 aromatic carbocycles. The van der Waals surface area contributed by atoms with Crippen molar-refractivity contribution in [1.82, 2.24) is 15.2 Å². The zero-order valence-electron chi connectivity index (χ0n) is 10.3. The van der Waals surface area contributed by atoms with Crippen LogP contribution in [0.5, 0.6) is 0 Å². The molecule has 2 N–H and O–H groups in total. The molecule has 0 aliphatic heterocycles. The highest BCUT2D eigenvalue weighted by Gasteiger charge is 2.21. The number of nitrogens with zero attached hydrogens (tertiary/aromatic N) is 2. The fraction of sp³-hybridized carbons (Fsp3) is 0. The summed E-state index contributed by atoms with van der Waals surface area (Å²) in [5, 5.41) is 6.68. The van der Waals surface area contributed by atoms with E-state index >= 15 is 0 Å². The first-order valence-electron chi connectivity index (χ1n) is 5.73. The standard InChI is InChI=1S/C12H8F2N4O2S/c13-8-1-2-12(15-6-8)18-21(19,20)11-3-7-5-16-17-10(7)4-9(11)14/h1-6H,(H,15,18)(H,16,17). The summed E-state index contributed by atoms with van der Waals surface area (Å²) >= 11 is 0. The smallest absolute Gasteiger partial charge is 0.265 e. The third kappa shape index (κ3) is 2.55. The van der Waals surface area contributed by atoms with Crippen LogP contribution >= 0.6 is 0 Å². The van der Waals surface area contributed by atoms with E-state index in [1.165, 1.54) is 6.20 Å². The van der Waals surface area contributed by atoms with Crippen molar-refractivity contribution in [2.24, 2.45) is 0 Å². The lowest BCUT2D eigenvalue weighted by Crippen LogP contribution is -2.15. The Morgan fingerprint density at radius 3 is 2.67 bits per heavy atom. The van der Waals surface area contributed by atoms with E-state index in [2.05, 4.69) is 19.9 Å². The highest BCUT2D eigenvalue weighted by molar-refractivity contribution is 7.92. The minimum Gasteiger partial charge on any atom is -0.278 e. The van der Waals surface area contributed by atoms with Crippen molar-refractivity contribution in [2.75, 3.05) is 4.72 Å². The van der Waals surface area contributed by atoms with Crippen molar-refractivity contribution in [3.8, 4) is 0 Å². The summed E-state index contributed by atoms with van der Waals surface area (Å²) in [6, 6.07) is 4.37. The van der Waals surface area contributed by atoms with Crippen molar-refractivity contribution < 1.29 is 17.2 Å². The van der Waals surface area contributed by atoms with Gasteiger partial charge in [-0.25, -0.2) is 22.2 Å². The van der Waals surface area contributed by atoms with Crippen LogP contribution in [0.4, 0.5) is 14.6 Å². The van der Waals surface area contributed by atoms with Gasteiger partial charge in [0.25, 0.3) is 10.0 Å². The van der Waals surface area contributed by atoms with Crippen molar-refractivity contribution >= 4 is 26.7 Å². The van der Waals surface area contributed by atoms with E-state index in [1.807, 2.05) is 0 Å². The second-order valence-electron chi connectivity index (χ2n) is 4.21. The minimum atomic E-state index is -4.18. The molecule has 3 aromatic rings. The van der Waals surface area contributed by atoms with Gasteiger partial charge in [0, 0.05) is 11.5 Å². The van der Waals surface area contributed by atoms with E-state index in [9.17, 15) is 17.2 Å². The highest BCUT2D eigenvalue weighted by Crippen LogP contribution is 2.22. The summed E-state index contributed by atoms with van der Waals surface area (Å²) in [4.78, 5) is 3.03. The molecule has 0 spiro atoms. The monoisotopic (exact) mass is 310 g/mol. The SMILES string of the molecule is O=S(=O)(Nc1ccc(F)cn1)c1cc2cn[nH]c2cc1F. The molecular formula is C12H8F2N4O2S.